The van der Waals surface area contributed by atoms with Gasteiger partial charge in [0.15, 0.2) is 0 Å². The molecule has 0 spiro atoms. The summed E-state index contributed by atoms with van der Waals surface area (Å²) >= 11 is 4.06. The summed E-state index contributed by atoms with van der Waals surface area (Å²) in [5.74, 6) is 3.68. The summed E-state index contributed by atoms with van der Waals surface area (Å²) < 4.78 is 11.2. The molecular weight excluding hydrogens is 444 g/mol. The first-order chi connectivity index (χ1) is 14.4. The van der Waals surface area contributed by atoms with Gasteiger partial charge in [-0.25, -0.2) is 0 Å². The van der Waals surface area contributed by atoms with Gasteiger partial charge in [0.2, 0.25) is 5.91 Å². The van der Waals surface area contributed by atoms with E-state index >= 15 is 0 Å². The molecule has 5 nitrogen and oxygen atoms in total. The molecule has 1 saturated heterocycles. The number of piperazine rings is 1. The van der Waals surface area contributed by atoms with E-state index in [4.69, 9.17) is 9.47 Å². The molecule has 164 valence electrons. The second kappa shape index (κ2) is 7.70. The Morgan fingerprint density at radius 2 is 1.77 bits per heavy atom. The van der Waals surface area contributed by atoms with Gasteiger partial charge in [0.1, 0.15) is 11.5 Å². The Morgan fingerprint density at radius 1 is 1.07 bits per heavy atom. The maximum Gasteiger partial charge on any atom is 0.228 e. The maximum absolute atomic E-state index is 13.7. The fourth-order valence-corrected chi connectivity index (χ4v) is 8.54. The summed E-state index contributed by atoms with van der Waals surface area (Å²) in [7, 11) is 3.40. The minimum atomic E-state index is -0.0915. The van der Waals surface area contributed by atoms with Crippen LogP contribution in [0.3, 0.4) is 0 Å². The van der Waals surface area contributed by atoms with Gasteiger partial charge >= 0.3 is 0 Å². The third-order valence-electron chi connectivity index (χ3n) is 7.98. The van der Waals surface area contributed by atoms with E-state index in [1.54, 1.807) is 14.2 Å². The third kappa shape index (κ3) is 3.64. The van der Waals surface area contributed by atoms with Crippen LogP contribution >= 0.6 is 15.9 Å². The summed E-state index contributed by atoms with van der Waals surface area (Å²) in [6.07, 6.45) is 7.18. The Morgan fingerprint density at radius 3 is 2.37 bits per heavy atom. The fourth-order valence-electron chi connectivity index (χ4n) is 7.09. The molecule has 6 rings (SSSR count). The lowest BCUT2D eigenvalue weighted by Crippen LogP contribution is -2.61. The minimum absolute atomic E-state index is 0.0915. The molecule has 1 amide bonds. The highest BCUT2D eigenvalue weighted by atomic mass is 79.9. The van der Waals surface area contributed by atoms with Gasteiger partial charge in [0.25, 0.3) is 0 Å². The molecule has 4 bridgehead atoms. The van der Waals surface area contributed by atoms with Crippen molar-refractivity contribution in [1.29, 1.82) is 0 Å². The number of rotatable bonds is 5. The number of hydrogen-bond acceptors (Lipinski definition) is 4. The Labute approximate surface area is 188 Å². The van der Waals surface area contributed by atoms with Gasteiger partial charge in [-0.05, 0) is 68.6 Å². The largest absolute Gasteiger partial charge is 0.497 e. The van der Waals surface area contributed by atoms with Crippen LogP contribution in [-0.2, 0) is 11.3 Å². The van der Waals surface area contributed by atoms with Crippen molar-refractivity contribution >= 4 is 21.8 Å². The number of alkyl halides is 1. The van der Waals surface area contributed by atoms with E-state index in [0.717, 1.165) is 80.9 Å². The van der Waals surface area contributed by atoms with Crippen LogP contribution in [0.4, 0.5) is 0 Å². The van der Waals surface area contributed by atoms with Gasteiger partial charge in [0.05, 0.1) is 19.6 Å². The number of carbonyl (C=O) groups excluding carboxylic acids is 1. The molecule has 5 fully saturated rings. The van der Waals surface area contributed by atoms with Gasteiger partial charge in [-0.15, -0.1) is 0 Å². The Bertz CT molecular complexity index is 807. The molecule has 5 aliphatic rings. The van der Waals surface area contributed by atoms with Crippen LogP contribution in [0.15, 0.2) is 18.2 Å². The molecule has 1 aromatic rings. The zero-order chi connectivity index (χ0) is 20.9. The molecule has 4 aliphatic carbocycles. The predicted molar refractivity (Wildman–Crippen MR) is 120 cm³/mol. The van der Waals surface area contributed by atoms with E-state index in [1.807, 2.05) is 12.1 Å². The van der Waals surface area contributed by atoms with Gasteiger partial charge in [-0.3, -0.25) is 9.69 Å². The number of ether oxygens (including phenoxy) is 2. The van der Waals surface area contributed by atoms with Crippen LogP contribution < -0.4 is 9.47 Å². The van der Waals surface area contributed by atoms with Gasteiger partial charge in [0, 0.05) is 42.6 Å². The standard InChI is InChI=1S/C24H33BrN2O3/c1-29-20-3-4-21(30-2)19(10-20)15-26-5-7-27(8-6-26)22(28)23-11-17-9-18(12-23)14-24(25,13-17)16-23/h3-4,10,17-18H,5-9,11-16H2,1-2H3. The molecule has 4 saturated carbocycles. The first kappa shape index (κ1) is 20.6. The number of carbonyl (C=O) groups is 1. The van der Waals surface area contributed by atoms with Crippen molar-refractivity contribution < 1.29 is 14.3 Å². The topological polar surface area (TPSA) is 42.0 Å². The molecule has 6 heteroatoms. The van der Waals surface area contributed by atoms with Crippen LogP contribution in [0.5, 0.6) is 11.5 Å². The molecule has 30 heavy (non-hydrogen) atoms. The van der Waals surface area contributed by atoms with Crippen molar-refractivity contribution in [3.8, 4) is 11.5 Å². The SMILES string of the molecule is COc1ccc(OC)c(CN2CCN(C(=O)C34CC5CC(CC(Br)(C5)C3)C4)CC2)c1. The summed E-state index contributed by atoms with van der Waals surface area (Å²) in [5, 5.41) is 0. The van der Waals surface area contributed by atoms with Crippen LogP contribution in [-0.4, -0.2) is 60.4 Å². The van der Waals surface area contributed by atoms with Crippen molar-refractivity contribution in [2.24, 2.45) is 17.3 Å². The summed E-state index contributed by atoms with van der Waals surface area (Å²) in [6, 6.07) is 5.96. The van der Waals surface area contributed by atoms with Crippen molar-refractivity contribution in [2.45, 2.75) is 49.4 Å². The van der Waals surface area contributed by atoms with E-state index in [0.29, 0.717) is 5.91 Å². The second-order valence-electron chi connectivity index (χ2n) is 10.1. The average molecular weight is 477 g/mol. The van der Waals surface area contributed by atoms with E-state index in [1.165, 1.54) is 19.3 Å². The third-order valence-corrected chi connectivity index (χ3v) is 8.91. The summed E-state index contributed by atoms with van der Waals surface area (Å²) in [6.45, 7) is 4.31. The predicted octanol–water partition coefficient (Wildman–Crippen LogP) is 4.08. The number of hydrogen-bond donors (Lipinski definition) is 0. The lowest BCUT2D eigenvalue weighted by atomic mass is 9.49. The minimum Gasteiger partial charge on any atom is -0.497 e. The molecule has 2 atom stereocenters. The zero-order valence-electron chi connectivity index (χ0n) is 18.2. The van der Waals surface area contributed by atoms with Gasteiger partial charge in [-0.2, -0.15) is 0 Å². The molecular formula is C24H33BrN2O3. The monoisotopic (exact) mass is 476 g/mol. The highest BCUT2D eigenvalue weighted by molar-refractivity contribution is 9.10. The van der Waals surface area contributed by atoms with Crippen molar-refractivity contribution in [3.05, 3.63) is 23.8 Å². The van der Waals surface area contributed by atoms with Gasteiger partial charge < -0.3 is 14.4 Å². The average Bonchev–Trinajstić information content (AvgIpc) is 2.72. The normalized spacial score (nSPS) is 35.5. The maximum atomic E-state index is 13.7. The van der Waals surface area contributed by atoms with Crippen molar-refractivity contribution in [1.82, 2.24) is 9.80 Å². The van der Waals surface area contributed by atoms with Gasteiger partial charge in [-0.1, -0.05) is 15.9 Å². The first-order valence-corrected chi connectivity index (χ1v) is 12.1. The van der Waals surface area contributed by atoms with Crippen molar-refractivity contribution in [2.75, 3.05) is 40.4 Å². The number of benzene rings is 1. The van der Waals surface area contributed by atoms with E-state index < -0.39 is 0 Å². The molecule has 1 aliphatic heterocycles. The van der Waals surface area contributed by atoms with Crippen molar-refractivity contribution in [3.63, 3.8) is 0 Å². The van der Waals surface area contributed by atoms with Crippen LogP contribution in [0.2, 0.25) is 0 Å². The van der Waals surface area contributed by atoms with Crippen LogP contribution in [0, 0.1) is 17.3 Å². The van der Waals surface area contributed by atoms with E-state index in [-0.39, 0.29) is 9.74 Å². The molecule has 1 aromatic carbocycles. The van der Waals surface area contributed by atoms with Crippen LogP contribution in [0.1, 0.15) is 44.1 Å². The Hall–Kier alpha value is -1.27. The highest BCUT2D eigenvalue weighted by Crippen LogP contribution is 2.64. The second-order valence-corrected chi connectivity index (χ2v) is 11.8. The molecule has 0 radical (unpaired) electrons. The zero-order valence-corrected chi connectivity index (χ0v) is 19.7. The number of amides is 1. The van der Waals surface area contributed by atoms with E-state index in [9.17, 15) is 4.79 Å². The quantitative estimate of drug-likeness (QED) is 0.600. The fraction of sp³-hybridized carbons (Fsp3) is 0.708. The lowest BCUT2D eigenvalue weighted by molar-refractivity contribution is -0.157. The number of halogens is 1. The van der Waals surface area contributed by atoms with E-state index in [2.05, 4.69) is 31.8 Å². The lowest BCUT2D eigenvalue weighted by Gasteiger charge is -2.60. The molecule has 0 N–H and O–H groups in total. The summed E-state index contributed by atoms with van der Waals surface area (Å²) in [5.41, 5.74) is 1.05. The Balaban J connectivity index is 1.23. The molecule has 0 aromatic heterocycles. The number of methoxy groups -OCH3 is 2. The highest BCUT2D eigenvalue weighted by Gasteiger charge is 2.60. The summed E-state index contributed by atoms with van der Waals surface area (Å²) in [4.78, 5) is 18.3. The smallest absolute Gasteiger partial charge is 0.228 e. The number of nitrogens with zero attached hydrogens (tertiary/aromatic N) is 2. The molecule has 1 heterocycles. The first-order valence-electron chi connectivity index (χ1n) is 11.3. The molecule has 2 unspecified atom stereocenters. The Kier molecular flexibility index (Phi) is 5.29. The van der Waals surface area contributed by atoms with Crippen LogP contribution in [0.25, 0.3) is 0 Å².